The van der Waals surface area contributed by atoms with Gasteiger partial charge in [0.15, 0.2) is 0 Å². The molecule has 1 aliphatic heterocycles. The average molecular weight is 408 g/mol. The number of carbonyl (C=O) groups is 1. The fourth-order valence-electron chi connectivity index (χ4n) is 6.42. The second kappa shape index (κ2) is 6.73. The number of carbonyl (C=O) groups excluding carboxylic acids is 1. The predicted octanol–water partition coefficient (Wildman–Crippen LogP) is 4.79. The third-order valence-electron chi connectivity index (χ3n) is 7.25. The van der Waals surface area contributed by atoms with Crippen LogP contribution in [0, 0.1) is 17.8 Å². The number of benzene rings is 1. The molecule has 4 aliphatic carbocycles. The second-order valence-corrected chi connectivity index (χ2v) is 10.0. The molecule has 0 aromatic heterocycles. The summed E-state index contributed by atoms with van der Waals surface area (Å²) in [6.07, 6.45) is 7.81. The lowest BCUT2D eigenvalue weighted by Crippen LogP contribution is -2.63. The fraction of sp³-hybridized carbons (Fsp3) is 0.667. The second-order valence-electron chi connectivity index (χ2n) is 9.20. The zero-order valence-electron chi connectivity index (χ0n) is 15.6. The lowest BCUT2D eigenvalue weighted by Gasteiger charge is -2.57. The zero-order valence-corrected chi connectivity index (χ0v) is 17.1. The number of nitrogens with zero attached hydrogens (tertiary/aromatic N) is 2. The quantitative estimate of drug-likeness (QED) is 0.764. The van der Waals surface area contributed by atoms with Gasteiger partial charge < -0.3 is 15.1 Å². The highest BCUT2D eigenvalue weighted by atomic mass is 35.5. The molecule has 6 heteroatoms. The van der Waals surface area contributed by atoms with Crippen molar-refractivity contribution >= 4 is 34.9 Å². The van der Waals surface area contributed by atoms with Crippen LogP contribution in [-0.4, -0.2) is 42.6 Å². The number of piperazine rings is 1. The highest BCUT2D eigenvalue weighted by Crippen LogP contribution is 2.55. The van der Waals surface area contributed by atoms with E-state index in [-0.39, 0.29) is 11.6 Å². The van der Waals surface area contributed by atoms with Crippen LogP contribution in [0.2, 0.25) is 10.0 Å². The van der Waals surface area contributed by atoms with E-state index in [1.165, 1.54) is 38.5 Å². The SMILES string of the molecule is O=C(NC12CC3CC(CC(C3)C1)C2)N1CCN(c2ccc(Cl)c(Cl)c2)CC1. The van der Waals surface area contributed by atoms with Crippen molar-refractivity contribution in [2.24, 2.45) is 17.8 Å². The summed E-state index contributed by atoms with van der Waals surface area (Å²) < 4.78 is 0. The van der Waals surface area contributed by atoms with Gasteiger partial charge in [0, 0.05) is 37.4 Å². The van der Waals surface area contributed by atoms with Crippen molar-refractivity contribution < 1.29 is 4.79 Å². The van der Waals surface area contributed by atoms with E-state index < -0.39 is 0 Å². The summed E-state index contributed by atoms with van der Waals surface area (Å²) in [6, 6.07) is 5.89. The standard InChI is InChI=1S/C21H27Cl2N3O/c22-18-2-1-17(10-19(18)23)25-3-5-26(6-4-25)20(27)24-21-11-14-7-15(12-21)9-16(8-14)13-21/h1-2,10,14-16H,3-9,11-13H2,(H,24,27). The van der Waals surface area contributed by atoms with Crippen molar-refractivity contribution in [1.82, 2.24) is 10.2 Å². The first-order valence-electron chi connectivity index (χ1n) is 10.3. The van der Waals surface area contributed by atoms with E-state index in [9.17, 15) is 4.79 Å². The Morgan fingerprint density at radius 1 is 0.926 bits per heavy atom. The Morgan fingerprint density at radius 3 is 2.07 bits per heavy atom. The van der Waals surface area contributed by atoms with Crippen molar-refractivity contribution in [3.63, 3.8) is 0 Å². The molecular formula is C21H27Cl2N3O. The number of hydrogen-bond acceptors (Lipinski definition) is 2. The normalized spacial score (nSPS) is 34.8. The third kappa shape index (κ3) is 3.40. The van der Waals surface area contributed by atoms with Crippen LogP contribution in [0.1, 0.15) is 38.5 Å². The van der Waals surface area contributed by atoms with Gasteiger partial charge in [0.1, 0.15) is 0 Å². The molecule has 1 saturated heterocycles. The molecule has 4 bridgehead atoms. The first kappa shape index (κ1) is 17.9. The van der Waals surface area contributed by atoms with Crippen molar-refractivity contribution in [3.05, 3.63) is 28.2 Å². The molecule has 1 heterocycles. The molecule has 4 saturated carbocycles. The molecule has 0 spiro atoms. The molecule has 4 nitrogen and oxygen atoms in total. The third-order valence-corrected chi connectivity index (χ3v) is 7.98. The lowest BCUT2D eigenvalue weighted by atomic mass is 9.53. The van der Waals surface area contributed by atoms with Gasteiger partial charge in [-0.2, -0.15) is 0 Å². The molecule has 6 rings (SSSR count). The molecule has 0 radical (unpaired) electrons. The monoisotopic (exact) mass is 407 g/mol. The Kier molecular flexibility index (Phi) is 4.47. The van der Waals surface area contributed by atoms with Crippen LogP contribution < -0.4 is 10.2 Å². The van der Waals surface area contributed by atoms with Crippen molar-refractivity contribution in [2.75, 3.05) is 31.1 Å². The highest BCUT2D eigenvalue weighted by Gasteiger charge is 2.51. The van der Waals surface area contributed by atoms with E-state index in [4.69, 9.17) is 23.2 Å². The largest absolute Gasteiger partial charge is 0.368 e. The van der Waals surface area contributed by atoms with Crippen LogP contribution >= 0.6 is 23.2 Å². The molecule has 27 heavy (non-hydrogen) atoms. The number of halogens is 2. The molecule has 5 fully saturated rings. The minimum atomic E-state index is 0.0900. The number of urea groups is 1. The number of anilines is 1. The average Bonchev–Trinajstić information content (AvgIpc) is 2.62. The van der Waals surface area contributed by atoms with Crippen LogP contribution in [0.3, 0.4) is 0 Å². The Hall–Kier alpha value is -1.13. The molecule has 146 valence electrons. The minimum absolute atomic E-state index is 0.0900. The lowest BCUT2D eigenvalue weighted by molar-refractivity contribution is -0.0157. The smallest absolute Gasteiger partial charge is 0.317 e. The maximum absolute atomic E-state index is 13.0. The molecule has 5 aliphatic rings. The maximum atomic E-state index is 13.0. The molecule has 0 unspecified atom stereocenters. The molecule has 1 aromatic carbocycles. The Labute approximate surface area is 171 Å². The molecular weight excluding hydrogens is 381 g/mol. The van der Waals surface area contributed by atoms with Crippen LogP contribution in [0.4, 0.5) is 10.5 Å². The van der Waals surface area contributed by atoms with Gasteiger partial charge in [0.2, 0.25) is 0 Å². The molecule has 2 amide bonds. The van der Waals surface area contributed by atoms with Gasteiger partial charge in [0.25, 0.3) is 0 Å². The van der Waals surface area contributed by atoms with E-state index in [1.807, 2.05) is 23.1 Å². The first-order chi connectivity index (χ1) is 13.0. The summed E-state index contributed by atoms with van der Waals surface area (Å²) in [5, 5.41) is 4.65. The van der Waals surface area contributed by atoms with Gasteiger partial charge in [0.05, 0.1) is 10.0 Å². The van der Waals surface area contributed by atoms with Crippen molar-refractivity contribution in [1.29, 1.82) is 0 Å². The van der Waals surface area contributed by atoms with E-state index in [0.29, 0.717) is 10.0 Å². The van der Waals surface area contributed by atoms with Crippen molar-refractivity contribution in [2.45, 2.75) is 44.1 Å². The zero-order chi connectivity index (χ0) is 18.6. The summed E-state index contributed by atoms with van der Waals surface area (Å²) in [5.74, 6) is 2.55. The molecule has 1 aromatic rings. The van der Waals surface area contributed by atoms with E-state index in [1.54, 1.807) is 0 Å². The van der Waals surface area contributed by atoms with Gasteiger partial charge >= 0.3 is 6.03 Å². The van der Waals surface area contributed by atoms with Crippen LogP contribution in [-0.2, 0) is 0 Å². The Balaban J connectivity index is 1.20. The van der Waals surface area contributed by atoms with E-state index in [0.717, 1.165) is 49.6 Å². The number of nitrogens with one attached hydrogen (secondary N) is 1. The van der Waals surface area contributed by atoms with E-state index >= 15 is 0 Å². The topological polar surface area (TPSA) is 35.6 Å². The minimum Gasteiger partial charge on any atom is -0.368 e. The van der Waals surface area contributed by atoms with Gasteiger partial charge in [-0.25, -0.2) is 4.79 Å². The first-order valence-corrected chi connectivity index (χ1v) is 11.0. The highest BCUT2D eigenvalue weighted by molar-refractivity contribution is 6.42. The molecule has 0 atom stereocenters. The van der Waals surface area contributed by atoms with Crippen LogP contribution in [0.15, 0.2) is 18.2 Å². The van der Waals surface area contributed by atoms with Gasteiger partial charge in [-0.1, -0.05) is 23.2 Å². The number of amides is 2. The Morgan fingerprint density at radius 2 is 1.52 bits per heavy atom. The van der Waals surface area contributed by atoms with Gasteiger partial charge in [-0.15, -0.1) is 0 Å². The summed E-state index contributed by atoms with van der Waals surface area (Å²) in [6.45, 7) is 3.15. The number of rotatable bonds is 2. The maximum Gasteiger partial charge on any atom is 0.317 e. The predicted molar refractivity (Wildman–Crippen MR) is 110 cm³/mol. The van der Waals surface area contributed by atoms with Gasteiger partial charge in [-0.05, 0) is 74.5 Å². The van der Waals surface area contributed by atoms with Gasteiger partial charge in [-0.3, -0.25) is 0 Å². The fourth-order valence-corrected chi connectivity index (χ4v) is 6.71. The number of hydrogen-bond donors (Lipinski definition) is 1. The molecule has 1 N–H and O–H groups in total. The Bertz CT molecular complexity index is 710. The summed E-state index contributed by atoms with van der Waals surface area (Å²) in [4.78, 5) is 17.2. The van der Waals surface area contributed by atoms with Crippen LogP contribution in [0.25, 0.3) is 0 Å². The van der Waals surface area contributed by atoms with Crippen LogP contribution in [0.5, 0.6) is 0 Å². The summed E-state index contributed by atoms with van der Waals surface area (Å²) in [5.41, 5.74) is 1.16. The summed E-state index contributed by atoms with van der Waals surface area (Å²) >= 11 is 12.2. The van der Waals surface area contributed by atoms with E-state index in [2.05, 4.69) is 10.2 Å². The summed E-state index contributed by atoms with van der Waals surface area (Å²) in [7, 11) is 0. The van der Waals surface area contributed by atoms with Crippen molar-refractivity contribution in [3.8, 4) is 0 Å².